The highest BCUT2D eigenvalue weighted by Gasteiger charge is 2.46. The van der Waals surface area contributed by atoms with Gasteiger partial charge in [0.2, 0.25) is 0 Å². The lowest BCUT2D eigenvalue weighted by molar-refractivity contribution is 0.769. The van der Waals surface area contributed by atoms with E-state index in [4.69, 9.17) is 9.97 Å². The van der Waals surface area contributed by atoms with E-state index < -0.39 is 5.41 Å². The summed E-state index contributed by atoms with van der Waals surface area (Å²) in [6, 6.07) is 96.8. The maximum absolute atomic E-state index is 5.30. The molecule has 1 aliphatic rings. The number of hydrogen-bond acceptors (Lipinski definition) is 2. The fourth-order valence-electron chi connectivity index (χ4n) is 11.1. The minimum Gasteiger partial charge on any atom is -0.228 e. The quantitative estimate of drug-likeness (QED) is 0.152. The van der Waals surface area contributed by atoms with E-state index in [9.17, 15) is 0 Å². The van der Waals surface area contributed by atoms with Gasteiger partial charge in [0, 0.05) is 16.7 Å². The SMILES string of the molecule is c1ccc(-c2cccc(-c3cc(-c4ccc(-c5ccc(-c6ccc7c(c6)C(c6ccccc6)(c6ccccc6)c6ccccc6-7)c6ccccc56)c5ccccc45)nc(-c4ccccc4)n3)c2)cc1. The van der Waals surface area contributed by atoms with Crippen LogP contribution in [0, 0.1) is 0 Å². The molecule has 0 saturated carbocycles. The molecule has 322 valence electrons. The van der Waals surface area contributed by atoms with Gasteiger partial charge in [-0.1, -0.05) is 249 Å². The molecule has 12 aromatic rings. The van der Waals surface area contributed by atoms with Gasteiger partial charge in [-0.25, -0.2) is 9.97 Å². The summed E-state index contributed by atoms with van der Waals surface area (Å²) >= 11 is 0. The van der Waals surface area contributed by atoms with E-state index in [0.717, 1.165) is 39.0 Å². The summed E-state index contributed by atoms with van der Waals surface area (Å²) in [5, 5.41) is 4.74. The summed E-state index contributed by atoms with van der Waals surface area (Å²) in [4.78, 5) is 10.5. The summed E-state index contributed by atoms with van der Waals surface area (Å²) in [5.74, 6) is 0.697. The molecule has 0 radical (unpaired) electrons. The Balaban J connectivity index is 0.957. The van der Waals surface area contributed by atoms with Crippen LogP contribution in [0.3, 0.4) is 0 Å². The van der Waals surface area contributed by atoms with E-state index in [0.29, 0.717) is 5.82 Å². The lowest BCUT2D eigenvalue weighted by atomic mass is 9.67. The third-order valence-corrected chi connectivity index (χ3v) is 14.2. The van der Waals surface area contributed by atoms with Crippen molar-refractivity contribution in [3.05, 3.63) is 289 Å². The highest BCUT2D eigenvalue weighted by Crippen LogP contribution is 2.57. The predicted octanol–water partition coefficient (Wildman–Crippen LogP) is 17.1. The number of rotatable bonds is 8. The third-order valence-electron chi connectivity index (χ3n) is 14.2. The van der Waals surface area contributed by atoms with Crippen molar-refractivity contribution < 1.29 is 0 Å². The first kappa shape index (κ1) is 40.3. The van der Waals surface area contributed by atoms with Gasteiger partial charge in [0.05, 0.1) is 16.8 Å². The van der Waals surface area contributed by atoms with Crippen LogP contribution in [-0.4, -0.2) is 9.97 Å². The molecule has 13 rings (SSSR count). The van der Waals surface area contributed by atoms with Gasteiger partial charge in [0.1, 0.15) is 0 Å². The average Bonchev–Trinajstić information content (AvgIpc) is 3.73. The number of nitrogens with zero attached hydrogens (tertiary/aromatic N) is 2. The Morgan fingerprint density at radius 3 is 1.33 bits per heavy atom. The van der Waals surface area contributed by atoms with Crippen molar-refractivity contribution in [1.82, 2.24) is 9.97 Å². The van der Waals surface area contributed by atoms with Gasteiger partial charge < -0.3 is 0 Å². The molecule has 2 heteroatoms. The molecule has 1 heterocycles. The van der Waals surface area contributed by atoms with Crippen molar-refractivity contribution in [2.75, 3.05) is 0 Å². The molecule has 0 fully saturated rings. The van der Waals surface area contributed by atoms with Crippen molar-refractivity contribution in [3.8, 4) is 78.4 Å². The Bertz CT molecular complexity index is 3840. The van der Waals surface area contributed by atoms with Gasteiger partial charge in [0.15, 0.2) is 5.82 Å². The zero-order chi connectivity index (χ0) is 45.7. The molecule has 0 atom stereocenters. The van der Waals surface area contributed by atoms with Crippen molar-refractivity contribution >= 4 is 21.5 Å². The van der Waals surface area contributed by atoms with Crippen LogP contribution in [0.25, 0.3) is 100.0 Å². The Morgan fingerprint density at radius 1 is 0.232 bits per heavy atom. The second kappa shape index (κ2) is 16.7. The van der Waals surface area contributed by atoms with Crippen LogP contribution in [0.5, 0.6) is 0 Å². The van der Waals surface area contributed by atoms with Crippen molar-refractivity contribution in [2.24, 2.45) is 0 Å². The fraction of sp³-hybridized carbons (Fsp3) is 0.0149. The molecular weight excluding hydrogens is 833 g/mol. The normalized spacial score (nSPS) is 12.5. The third kappa shape index (κ3) is 6.72. The first-order valence-corrected chi connectivity index (χ1v) is 23.7. The van der Waals surface area contributed by atoms with Crippen LogP contribution >= 0.6 is 0 Å². The molecule has 69 heavy (non-hydrogen) atoms. The van der Waals surface area contributed by atoms with Gasteiger partial charge in [-0.2, -0.15) is 0 Å². The minimum atomic E-state index is -0.473. The molecule has 0 saturated heterocycles. The number of benzene rings is 11. The maximum atomic E-state index is 5.30. The van der Waals surface area contributed by atoms with Crippen molar-refractivity contribution in [1.29, 1.82) is 0 Å². The summed E-state index contributed by atoms with van der Waals surface area (Å²) in [6.45, 7) is 0. The van der Waals surface area contributed by atoms with Gasteiger partial charge in [-0.3, -0.25) is 0 Å². The molecule has 0 bridgehead atoms. The molecule has 11 aromatic carbocycles. The number of hydrogen-bond donors (Lipinski definition) is 0. The molecule has 0 amide bonds. The zero-order valence-electron chi connectivity index (χ0n) is 37.8. The average molecular weight is 877 g/mol. The summed E-state index contributed by atoms with van der Waals surface area (Å²) < 4.78 is 0. The lowest BCUT2D eigenvalue weighted by Crippen LogP contribution is -2.28. The second-order valence-electron chi connectivity index (χ2n) is 18.0. The van der Waals surface area contributed by atoms with Crippen LogP contribution < -0.4 is 0 Å². The maximum Gasteiger partial charge on any atom is 0.160 e. The van der Waals surface area contributed by atoms with Gasteiger partial charge in [-0.05, 0) is 107 Å². The van der Waals surface area contributed by atoms with Crippen molar-refractivity contribution in [2.45, 2.75) is 5.41 Å². The largest absolute Gasteiger partial charge is 0.228 e. The van der Waals surface area contributed by atoms with Gasteiger partial charge >= 0.3 is 0 Å². The monoisotopic (exact) mass is 876 g/mol. The highest BCUT2D eigenvalue weighted by molar-refractivity contribution is 6.12. The van der Waals surface area contributed by atoms with Crippen molar-refractivity contribution in [3.63, 3.8) is 0 Å². The fourth-order valence-corrected chi connectivity index (χ4v) is 11.1. The Morgan fingerprint density at radius 2 is 0.681 bits per heavy atom. The molecule has 0 N–H and O–H groups in total. The first-order valence-electron chi connectivity index (χ1n) is 23.7. The highest BCUT2D eigenvalue weighted by atomic mass is 14.9. The first-order chi connectivity index (χ1) is 34.2. The van der Waals surface area contributed by atoms with Crippen LogP contribution in [0.15, 0.2) is 267 Å². The smallest absolute Gasteiger partial charge is 0.160 e. The summed E-state index contributed by atoms with van der Waals surface area (Å²) in [6.07, 6.45) is 0. The molecule has 1 aromatic heterocycles. The Labute approximate surface area is 402 Å². The van der Waals surface area contributed by atoms with Gasteiger partial charge in [-0.15, -0.1) is 0 Å². The number of fused-ring (bicyclic) bond motifs is 5. The molecule has 0 unspecified atom stereocenters. The van der Waals surface area contributed by atoms with Crippen LogP contribution in [-0.2, 0) is 5.41 Å². The molecular formula is C67H44N2. The number of aromatic nitrogens is 2. The van der Waals surface area contributed by atoms with E-state index in [1.165, 1.54) is 77.4 Å². The molecule has 0 aliphatic heterocycles. The minimum absolute atomic E-state index is 0.473. The zero-order valence-corrected chi connectivity index (χ0v) is 37.8. The van der Waals surface area contributed by atoms with Crippen LogP contribution in [0.1, 0.15) is 22.3 Å². The predicted molar refractivity (Wildman–Crippen MR) is 287 cm³/mol. The summed E-state index contributed by atoms with van der Waals surface area (Å²) in [7, 11) is 0. The molecule has 2 nitrogen and oxygen atoms in total. The lowest BCUT2D eigenvalue weighted by Gasteiger charge is -2.34. The van der Waals surface area contributed by atoms with E-state index in [-0.39, 0.29) is 0 Å². The van der Waals surface area contributed by atoms with Crippen LogP contribution in [0.2, 0.25) is 0 Å². The van der Waals surface area contributed by atoms with E-state index in [1.54, 1.807) is 0 Å². The second-order valence-corrected chi connectivity index (χ2v) is 18.0. The van der Waals surface area contributed by atoms with E-state index in [1.807, 2.05) is 18.2 Å². The Hall–Kier alpha value is -8.98. The topological polar surface area (TPSA) is 25.8 Å². The molecule has 0 spiro atoms. The molecule has 1 aliphatic carbocycles. The Kier molecular flexibility index (Phi) is 9.77. The van der Waals surface area contributed by atoms with Gasteiger partial charge in [0.25, 0.3) is 0 Å². The standard InChI is InChI=1S/C67H44N2/c1-5-20-45(21-6-1)47-24-19-25-49(42-47)64-44-65(69-66(68-64)46-22-7-2-8-23-46)61-41-40-58(55-32-15-16-33-56(55)61)57-39-38-52(53-30-13-14-31-54(53)57)48-36-37-60-59-34-17-18-35-62(59)67(63(60)43-48,50-26-9-3-10-27-50)51-28-11-4-12-29-51/h1-44H. The van der Waals surface area contributed by atoms with E-state index in [2.05, 4.69) is 249 Å². The van der Waals surface area contributed by atoms with Crippen LogP contribution in [0.4, 0.5) is 0 Å². The summed E-state index contributed by atoms with van der Waals surface area (Å²) in [5.41, 5.74) is 19.2. The van der Waals surface area contributed by atoms with E-state index >= 15 is 0 Å².